The van der Waals surface area contributed by atoms with Crippen molar-refractivity contribution in [1.82, 2.24) is 19.5 Å². The monoisotopic (exact) mass is 519 g/mol. The maximum absolute atomic E-state index is 12.1. The van der Waals surface area contributed by atoms with Crippen LogP contribution in [0.2, 0.25) is 5.28 Å². The third kappa shape index (κ3) is 3.71. The second-order valence-corrected chi connectivity index (χ2v) is 8.80. The minimum atomic E-state index is -2.70. The van der Waals surface area contributed by atoms with Crippen LogP contribution in [0, 0.1) is 5.92 Å². The normalized spacial score (nSPS) is 25.0. The van der Waals surface area contributed by atoms with Crippen molar-refractivity contribution in [2.45, 2.75) is 36.6 Å². The fraction of sp³-hybridized carbons (Fsp3) is 0.333. The lowest BCUT2D eigenvalue weighted by molar-refractivity contribution is -0.192. The number of carbonyl (C=O) groups is 3. The minimum absolute atomic E-state index is 0.0340. The number of aromatic carboxylic acids is 1. The minimum Gasteiger partial charge on any atom is -0.479 e. The summed E-state index contributed by atoms with van der Waals surface area (Å²) in [4.78, 5) is 47.3. The number of hydrogen-bond donors (Lipinski definition) is 5. The molecule has 2 unspecified atom stereocenters. The standard InChI is InChI=1S/C21H18ClN5O9/c22-20-25-14(23)10-15(26-20)27(6-24-10)16-11(28)9-12(35-16)13(9)36-21(18(31)32,19(33)34)5-7-1-3-8(4-2-7)17(29)30/h1-4,6,9,11-13,16,28H,5H2,(H,29,30)(H,31,32)(H,33,34)(H2,23,25,26)/t9?,11-,12+,13?,16-/m1/s1. The lowest BCUT2D eigenvalue weighted by Gasteiger charge is -2.28. The second-order valence-electron chi connectivity index (χ2n) is 8.46. The molecule has 1 aromatic carbocycles. The molecule has 1 aliphatic carbocycles. The van der Waals surface area contributed by atoms with Crippen LogP contribution in [0.3, 0.4) is 0 Å². The van der Waals surface area contributed by atoms with Crippen LogP contribution in [0.25, 0.3) is 11.2 Å². The van der Waals surface area contributed by atoms with Gasteiger partial charge in [-0.05, 0) is 29.3 Å². The Morgan fingerprint density at radius 2 is 1.81 bits per heavy atom. The zero-order valence-corrected chi connectivity index (χ0v) is 18.8. The van der Waals surface area contributed by atoms with Crippen LogP contribution in [-0.2, 0) is 25.5 Å². The van der Waals surface area contributed by atoms with E-state index in [9.17, 15) is 29.7 Å². The Kier molecular flexibility index (Phi) is 5.55. The molecule has 5 atom stereocenters. The van der Waals surface area contributed by atoms with Crippen molar-refractivity contribution in [1.29, 1.82) is 0 Å². The van der Waals surface area contributed by atoms with Gasteiger partial charge in [0.25, 0.3) is 5.60 Å². The van der Waals surface area contributed by atoms with E-state index in [2.05, 4.69) is 15.0 Å². The van der Waals surface area contributed by atoms with Gasteiger partial charge in [0.15, 0.2) is 17.7 Å². The number of aliphatic hydroxyl groups excluding tert-OH is 1. The summed E-state index contributed by atoms with van der Waals surface area (Å²) in [5, 5.41) is 39.4. The van der Waals surface area contributed by atoms with E-state index in [0.29, 0.717) is 0 Å². The van der Waals surface area contributed by atoms with Gasteiger partial charge < -0.3 is 35.6 Å². The molecular weight excluding hydrogens is 502 g/mol. The molecule has 2 fully saturated rings. The molecule has 5 rings (SSSR count). The molecule has 2 aliphatic rings. The molecule has 2 aromatic heterocycles. The Labute approximate surface area is 205 Å². The predicted molar refractivity (Wildman–Crippen MR) is 118 cm³/mol. The summed E-state index contributed by atoms with van der Waals surface area (Å²) in [7, 11) is 0. The number of nitrogens with two attached hydrogens (primary N) is 1. The maximum Gasteiger partial charge on any atom is 0.348 e. The van der Waals surface area contributed by atoms with E-state index in [1.165, 1.54) is 35.2 Å². The number of imidazole rings is 1. The van der Waals surface area contributed by atoms with Crippen molar-refractivity contribution >= 4 is 46.5 Å². The molecule has 3 aromatic rings. The van der Waals surface area contributed by atoms with Crippen molar-refractivity contribution < 1.29 is 44.3 Å². The van der Waals surface area contributed by atoms with E-state index in [0.717, 1.165) is 0 Å². The molecule has 36 heavy (non-hydrogen) atoms. The first-order valence-corrected chi connectivity index (χ1v) is 10.9. The lowest BCUT2D eigenvalue weighted by Crippen LogP contribution is -2.52. The van der Waals surface area contributed by atoms with Gasteiger partial charge in [0.1, 0.15) is 11.6 Å². The molecule has 0 radical (unpaired) electrons. The SMILES string of the molecule is Nc1nc(Cl)nc2c1ncn2[C@@H]1O[C@@H]2C(OC(Cc3ccc(C(=O)O)cc3)(C(=O)O)C(=O)O)C2[C@H]1O. The number of halogens is 1. The Morgan fingerprint density at radius 3 is 2.36 bits per heavy atom. The third-order valence-corrected chi connectivity index (χ3v) is 6.47. The van der Waals surface area contributed by atoms with Crippen LogP contribution < -0.4 is 5.73 Å². The summed E-state index contributed by atoms with van der Waals surface area (Å²) in [6.45, 7) is 0. The average molecular weight is 520 g/mol. The Hall–Kier alpha value is -3.85. The summed E-state index contributed by atoms with van der Waals surface area (Å²) in [6, 6.07) is 5.08. The van der Waals surface area contributed by atoms with E-state index in [4.69, 9.17) is 31.9 Å². The molecule has 0 amide bonds. The van der Waals surface area contributed by atoms with Crippen LogP contribution in [0.5, 0.6) is 0 Å². The molecule has 188 valence electrons. The van der Waals surface area contributed by atoms with Gasteiger partial charge in [0.2, 0.25) is 5.28 Å². The molecule has 14 nitrogen and oxygen atoms in total. The number of ether oxygens (including phenoxy) is 2. The van der Waals surface area contributed by atoms with Crippen LogP contribution in [-0.4, -0.2) is 81.8 Å². The second kappa shape index (κ2) is 8.37. The van der Waals surface area contributed by atoms with Gasteiger partial charge in [0.05, 0.1) is 24.1 Å². The van der Waals surface area contributed by atoms with Gasteiger partial charge in [-0.3, -0.25) is 4.57 Å². The van der Waals surface area contributed by atoms with Crippen molar-refractivity contribution in [3.63, 3.8) is 0 Å². The van der Waals surface area contributed by atoms with Gasteiger partial charge in [-0.1, -0.05) is 12.1 Å². The molecule has 1 aliphatic heterocycles. The van der Waals surface area contributed by atoms with Crippen molar-refractivity contribution in [3.8, 4) is 0 Å². The number of anilines is 1. The quantitative estimate of drug-likeness (QED) is 0.198. The summed E-state index contributed by atoms with van der Waals surface area (Å²) < 4.78 is 12.8. The smallest absolute Gasteiger partial charge is 0.348 e. The molecule has 0 bridgehead atoms. The molecule has 3 heterocycles. The number of rotatable bonds is 8. The topological polar surface area (TPSA) is 220 Å². The molecule has 0 spiro atoms. The van der Waals surface area contributed by atoms with Crippen molar-refractivity contribution in [2.75, 3.05) is 5.73 Å². The fourth-order valence-corrected chi connectivity index (χ4v) is 4.58. The van der Waals surface area contributed by atoms with Crippen molar-refractivity contribution in [2.24, 2.45) is 5.92 Å². The van der Waals surface area contributed by atoms with Gasteiger partial charge in [-0.2, -0.15) is 9.97 Å². The predicted octanol–water partition coefficient (Wildman–Crippen LogP) is 0.184. The van der Waals surface area contributed by atoms with Crippen LogP contribution in [0.15, 0.2) is 30.6 Å². The highest BCUT2D eigenvalue weighted by Gasteiger charge is 2.68. The number of nitrogen functional groups attached to an aromatic ring is 1. The maximum atomic E-state index is 12.1. The number of benzene rings is 1. The van der Waals surface area contributed by atoms with Crippen LogP contribution in [0.4, 0.5) is 5.82 Å². The number of aliphatic hydroxyl groups is 1. The summed E-state index contributed by atoms with van der Waals surface area (Å²) in [5.41, 5.74) is 3.74. The number of aromatic nitrogens is 4. The van der Waals surface area contributed by atoms with E-state index in [1.54, 1.807) is 0 Å². The van der Waals surface area contributed by atoms with E-state index < -0.39 is 60.4 Å². The zero-order valence-electron chi connectivity index (χ0n) is 18.1. The Morgan fingerprint density at radius 1 is 1.14 bits per heavy atom. The Bertz CT molecular complexity index is 1380. The number of aliphatic carboxylic acids is 2. The number of carboxylic acids is 3. The first kappa shape index (κ1) is 23.9. The molecule has 1 saturated carbocycles. The van der Waals surface area contributed by atoms with Gasteiger partial charge in [-0.15, -0.1) is 0 Å². The summed E-state index contributed by atoms with van der Waals surface area (Å²) >= 11 is 5.87. The third-order valence-electron chi connectivity index (χ3n) is 6.30. The number of carboxylic acid groups (broad SMARTS) is 3. The highest BCUT2D eigenvalue weighted by atomic mass is 35.5. The van der Waals surface area contributed by atoms with E-state index in [-0.39, 0.29) is 33.4 Å². The average Bonchev–Trinajstić information content (AvgIpc) is 3.11. The summed E-state index contributed by atoms with van der Waals surface area (Å²) in [6.07, 6.45) is -3.29. The Balaban J connectivity index is 1.36. The van der Waals surface area contributed by atoms with Crippen molar-refractivity contribution in [3.05, 3.63) is 47.0 Å². The summed E-state index contributed by atoms with van der Waals surface area (Å²) in [5.74, 6) is -5.39. The van der Waals surface area contributed by atoms with Gasteiger partial charge in [0, 0.05) is 12.3 Å². The highest BCUT2D eigenvalue weighted by Crippen LogP contribution is 2.53. The van der Waals surface area contributed by atoms with Gasteiger partial charge in [-0.25, -0.2) is 19.4 Å². The molecular formula is C21H18ClN5O9. The van der Waals surface area contributed by atoms with Gasteiger partial charge >= 0.3 is 17.9 Å². The molecule has 6 N–H and O–H groups in total. The molecule has 1 saturated heterocycles. The first-order valence-electron chi connectivity index (χ1n) is 10.5. The zero-order chi connectivity index (χ0) is 25.9. The number of fused-ring (bicyclic) bond motifs is 2. The lowest BCUT2D eigenvalue weighted by atomic mass is 9.93. The van der Waals surface area contributed by atoms with E-state index >= 15 is 0 Å². The highest BCUT2D eigenvalue weighted by molar-refractivity contribution is 6.28. The van der Waals surface area contributed by atoms with Crippen LogP contribution >= 0.6 is 11.6 Å². The van der Waals surface area contributed by atoms with Crippen LogP contribution in [0.1, 0.15) is 22.1 Å². The van der Waals surface area contributed by atoms with E-state index in [1.807, 2.05) is 0 Å². The fourth-order valence-electron chi connectivity index (χ4n) is 4.41. The molecule has 15 heteroatoms. The number of nitrogens with zero attached hydrogens (tertiary/aromatic N) is 4. The number of hydrogen-bond acceptors (Lipinski definition) is 10. The first-order chi connectivity index (χ1) is 17.0. The largest absolute Gasteiger partial charge is 0.479 e.